The summed E-state index contributed by atoms with van der Waals surface area (Å²) in [5.41, 5.74) is 0.772. The summed E-state index contributed by atoms with van der Waals surface area (Å²) in [6.45, 7) is 5.88. The third-order valence-corrected chi connectivity index (χ3v) is 1.64. The highest BCUT2D eigenvalue weighted by Crippen LogP contribution is 2.15. The Morgan fingerprint density at radius 2 is 1.69 bits per heavy atom. The van der Waals surface area contributed by atoms with Gasteiger partial charge in [0.05, 0.1) is 6.10 Å². The van der Waals surface area contributed by atoms with Crippen molar-refractivity contribution in [1.29, 1.82) is 0 Å². The zero-order valence-corrected chi connectivity index (χ0v) is 8.42. The fourth-order valence-electron chi connectivity index (χ4n) is 0.921. The molecule has 0 radical (unpaired) electrons. The summed E-state index contributed by atoms with van der Waals surface area (Å²) >= 11 is 0. The molecule has 1 nitrogen and oxygen atoms in total. The first-order valence-electron chi connectivity index (χ1n) is 4.67. The van der Waals surface area contributed by atoms with Gasteiger partial charge < -0.3 is 5.11 Å². The van der Waals surface area contributed by atoms with Crippen molar-refractivity contribution in [2.45, 2.75) is 33.3 Å². The Morgan fingerprint density at radius 3 is 2.08 bits per heavy atom. The first kappa shape index (κ1) is 12.1. The van der Waals surface area contributed by atoms with Crippen molar-refractivity contribution in [1.82, 2.24) is 0 Å². The van der Waals surface area contributed by atoms with Crippen LogP contribution in [0.1, 0.15) is 38.9 Å². The molecule has 1 aromatic carbocycles. The molecule has 2 heteroatoms. The lowest BCUT2D eigenvalue weighted by Crippen LogP contribution is -1.94. The van der Waals surface area contributed by atoms with Gasteiger partial charge in [0.15, 0.2) is 0 Å². The van der Waals surface area contributed by atoms with Crippen LogP contribution in [-0.2, 0) is 0 Å². The second kappa shape index (κ2) is 6.61. The van der Waals surface area contributed by atoms with Crippen LogP contribution >= 0.6 is 0 Å². The van der Waals surface area contributed by atoms with Gasteiger partial charge in [-0.15, -0.1) is 0 Å². The average Bonchev–Trinajstić information content (AvgIpc) is 2.21. The summed E-state index contributed by atoms with van der Waals surface area (Å²) < 4.78 is 12.4. The van der Waals surface area contributed by atoms with Crippen molar-refractivity contribution < 1.29 is 9.50 Å². The van der Waals surface area contributed by atoms with E-state index in [2.05, 4.69) is 0 Å². The molecule has 0 heterocycles. The van der Waals surface area contributed by atoms with E-state index in [9.17, 15) is 9.50 Å². The summed E-state index contributed by atoms with van der Waals surface area (Å²) in [6.07, 6.45) is 0.196. The number of aliphatic hydroxyl groups is 1. The van der Waals surface area contributed by atoms with Gasteiger partial charge in [0.1, 0.15) is 5.82 Å². The Labute approximate surface area is 79.2 Å². The molecule has 0 aromatic heterocycles. The number of aliphatic hydroxyl groups excluding tert-OH is 1. The zero-order chi connectivity index (χ0) is 10.3. The number of benzene rings is 1. The highest BCUT2D eigenvalue weighted by atomic mass is 19.1. The minimum Gasteiger partial charge on any atom is -0.388 e. The molecule has 13 heavy (non-hydrogen) atoms. The van der Waals surface area contributed by atoms with Crippen molar-refractivity contribution >= 4 is 0 Å². The van der Waals surface area contributed by atoms with E-state index in [1.54, 1.807) is 12.1 Å². The van der Waals surface area contributed by atoms with Crippen molar-refractivity contribution in [2.24, 2.45) is 0 Å². The van der Waals surface area contributed by atoms with Gasteiger partial charge >= 0.3 is 0 Å². The minimum atomic E-state index is -0.462. The molecule has 0 spiro atoms. The topological polar surface area (TPSA) is 20.2 Å². The van der Waals surface area contributed by atoms with E-state index in [0.717, 1.165) is 5.56 Å². The van der Waals surface area contributed by atoms with Gasteiger partial charge in [-0.2, -0.15) is 0 Å². The Hall–Kier alpha value is -0.890. The van der Waals surface area contributed by atoms with Crippen LogP contribution in [0, 0.1) is 5.82 Å². The van der Waals surface area contributed by atoms with Crippen LogP contribution in [0.25, 0.3) is 0 Å². The van der Waals surface area contributed by atoms with Gasteiger partial charge in [0.25, 0.3) is 0 Å². The van der Waals surface area contributed by atoms with E-state index < -0.39 is 6.10 Å². The fourth-order valence-corrected chi connectivity index (χ4v) is 0.921. The fraction of sp³-hybridized carbons (Fsp3) is 0.455. The predicted octanol–water partition coefficient (Wildman–Crippen LogP) is 3.30. The number of halogens is 1. The molecule has 1 rings (SSSR count). The SMILES string of the molecule is CC.CCC(O)c1ccc(F)cc1. The molecule has 0 bridgehead atoms. The lowest BCUT2D eigenvalue weighted by atomic mass is 10.1. The molecule has 0 amide bonds. The lowest BCUT2D eigenvalue weighted by Gasteiger charge is -2.06. The summed E-state index contributed by atoms with van der Waals surface area (Å²) in [7, 11) is 0. The quantitative estimate of drug-likeness (QED) is 0.747. The molecule has 1 atom stereocenters. The minimum absolute atomic E-state index is 0.267. The first-order valence-corrected chi connectivity index (χ1v) is 4.67. The normalized spacial score (nSPS) is 11.5. The van der Waals surface area contributed by atoms with Gasteiger partial charge in [0.2, 0.25) is 0 Å². The summed E-state index contributed by atoms with van der Waals surface area (Å²) in [4.78, 5) is 0. The Bertz CT molecular complexity index is 218. The summed E-state index contributed by atoms with van der Waals surface area (Å²) in [5.74, 6) is -0.267. The molecule has 0 aliphatic heterocycles. The molecule has 0 fully saturated rings. The van der Waals surface area contributed by atoms with Crippen LogP contribution in [0.2, 0.25) is 0 Å². The van der Waals surface area contributed by atoms with Crippen molar-refractivity contribution in [2.75, 3.05) is 0 Å². The highest BCUT2D eigenvalue weighted by Gasteiger charge is 2.02. The van der Waals surface area contributed by atoms with Gasteiger partial charge in [0, 0.05) is 0 Å². The Kier molecular flexibility index (Phi) is 6.15. The zero-order valence-electron chi connectivity index (χ0n) is 8.42. The van der Waals surface area contributed by atoms with Crippen LogP contribution in [0.4, 0.5) is 4.39 Å². The van der Waals surface area contributed by atoms with E-state index in [1.165, 1.54) is 12.1 Å². The van der Waals surface area contributed by atoms with Crippen LogP contribution < -0.4 is 0 Å². The van der Waals surface area contributed by atoms with E-state index in [4.69, 9.17) is 0 Å². The molecule has 0 saturated heterocycles. The number of rotatable bonds is 2. The number of hydrogen-bond acceptors (Lipinski definition) is 1. The first-order chi connectivity index (χ1) is 6.24. The van der Waals surface area contributed by atoms with Crippen LogP contribution in [0.3, 0.4) is 0 Å². The molecule has 1 N–H and O–H groups in total. The second-order valence-electron chi connectivity index (χ2n) is 2.48. The smallest absolute Gasteiger partial charge is 0.123 e. The molecular weight excluding hydrogens is 167 g/mol. The van der Waals surface area contributed by atoms with Gasteiger partial charge in [-0.25, -0.2) is 4.39 Å². The monoisotopic (exact) mass is 184 g/mol. The Morgan fingerprint density at radius 1 is 1.23 bits per heavy atom. The third kappa shape index (κ3) is 4.04. The average molecular weight is 184 g/mol. The standard InChI is InChI=1S/C9H11FO.C2H6/c1-2-9(11)7-3-5-8(10)6-4-7;1-2/h3-6,9,11H,2H2,1H3;1-2H3. The summed E-state index contributed by atoms with van der Waals surface area (Å²) in [6, 6.07) is 5.91. The largest absolute Gasteiger partial charge is 0.388 e. The summed E-state index contributed by atoms with van der Waals surface area (Å²) in [5, 5.41) is 9.30. The number of hydrogen-bond donors (Lipinski definition) is 1. The molecule has 1 aromatic rings. The second-order valence-corrected chi connectivity index (χ2v) is 2.48. The molecule has 1 unspecified atom stereocenters. The van der Waals surface area contributed by atoms with E-state index in [-0.39, 0.29) is 5.82 Å². The van der Waals surface area contributed by atoms with Crippen LogP contribution in [0.5, 0.6) is 0 Å². The third-order valence-electron chi connectivity index (χ3n) is 1.64. The van der Waals surface area contributed by atoms with Crippen molar-refractivity contribution in [3.8, 4) is 0 Å². The molecular formula is C11H17FO. The maximum absolute atomic E-state index is 12.4. The van der Waals surface area contributed by atoms with Crippen molar-refractivity contribution in [3.05, 3.63) is 35.6 Å². The van der Waals surface area contributed by atoms with Crippen molar-refractivity contribution in [3.63, 3.8) is 0 Å². The Balaban J connectivity index is 0.000000671. The van der Waals surface area contributed by atoms with E-state index >= 15 is 0 Å². The van der Waals surface area contributed by atoms with Crippen LogP contribution in [-0.4, -0.2) is 5.11 Å². The molecule has 0 aliphatic rings. The highest BCUT2D eigenvalue weighted by molar-refractivity contribution is 5.18. The molecule has 0 saturated carbocycles. The predicted molar refractivity (Wildman–Crippen MR) is 53.0 cm³/mol. The van der Waals surface area contributed by atoms with Gasteiger partial charge in [-0.05, 0) is 24.1 Å². The van der Waals surface area contributed by atoms with Gasteiger partial charge in [-0.1, -0.05) is 32.9 Å². The lowest BCUT2D eigenvalue weighted by molar-refractivity contribution is 0.173. The van der Waals surface area contributed by atoms with E-state index in [0.29, 0.717) is 6.42 Å². The van der Waals surface area contributed by atoms with Crippen LogP contribution in [0.15, 0.2) is 24.3 Å². The van der Waals surface area contributed by atoms with E-state index in [1.807, 2.05) is 20.8 Å². The molecule has 74 valence electrons. The maximum Gasteiger partial charge on any atom is 0.123 e. The maximum atomic E-state index is 12.4. The molecule has 0 aliphatic carbocycles. The van der Waals surface area contributed by atoms with Gasteiger partial charge in [-0.3, -0.25) is 0 Å².